The van der Waals surface area contributed by atoms with Crippen LogP contribution >= 0.6 is 0 Å². The Kier molecular flexibility index (Phi) is 7.80. The highest BCUT2D eigenvalue weighted by molar-refractivity contribution is 5.92. The highest BCUT2D eigenvalue weighted by Gasteiger charge is 2.25. The van der Waals surface area contributed by atoms with Crippen LogP contribution in [0.3, 0.4) is 0 Å². The van der Waals surface area contributed by atoms with Gasteiger partial charge in [0.15, 0.2) is 0 Å². The molecule has 1 saturated heterocycles. The molecular formula is C40H37N5O5. The highest BCUT2D eigenvalue weighted by Crippen LogP contribution is 2.36. The van der Waals surface area contributed by atoms with Crippen LogP contribution in [-0.2, 0) is 30.7 Å². The van der Waals surface area contributed by atoms with Crippen LogP contribution in [-0.4, -0.2) is 54.7 Å². The number of aromatic nitrogens is 5. The van der Waals surface area contributed by atoms with Crippen LogP contribution in [0.2, 0.25) is 0 Å². The van der Waals surface area contributed by atoms with E-state index in [-0.39, 0.29) is 11.7 Å². The summed E-state index contributed by atoms with van der Waals surface area (Å²) in [4.78, 5) is 21.7. The number of pyridine rings is 1. The molecule has 3 aliphatic rings. The number of hydrogen-bond donors (Lipinski definition) is 1. The molecule has 0 radical (unpaired) electrons. The van der Waals surface area contributed by atoms with E-state index < -0.39 is 5.97 Å². The minimum Gasteiger partial charge on any atom is -0.493 e. The van der Waals surface area contributed by atoms with Gasteiger partial charge in [-0.15, -0.1) is 0 Å². The van der Waals surface area contributed by atoms with Crippen molar-refractivity contribution in [1.29, 1.82) is 0 Å². The first kappa shape index (κ1) is 30.6. The topological polar surface area (TPSA) is 114 Å². The molecule has 1 aliphatic carbocycles. The zero-order valence-electron chi connectivity index (χ0n) is 27.6. The first-order valence-corrected chi connectivity index (χ1v) is 17.4. The van der Waals surface area contributed by atoms with Crippen molar-refractivity contribution in [2.24, 2.45) is 0 Å². The van der Waals surface area contributed by atoms with Gasteiger partial charge in [0.2, 0.25) is 5.88 Å². The molecule has 1 N–H and O–H groups in total. The fraction of sp³-hybridized carbons (Fsp3) is 0.300. The molecule has 0 unspecified atom stereocenters. The van der Waals surface area contributed by atoms with E-state index in [0.29, 0.717) is 38.1 Å². The zero-order chi connectivity index (χ0) is 33.6. The number of carboxylic acids is 1. The van der Waals surface area contributed by atoms with Crippen LogP contribution in [0, 0.1) is 0 Å². The molecule has 2 aliphatic heterocycles. The Hall–Kier alpha value is -5.48. The first-order valence-electron chi connectivity index (χ1n) is 17.4. The van der Waals surface area contributed by atoms with Crippen molar-refractivity contribution < 1.29 is 24.1 Å². The molecule has 2 fully saturated rings. The third-order valence-corrected chi connectivity index (χ3v) is 9.97. The normalized spacial score (nSPS) is 17.2. The Morgan fingerprint density at radius 3 is 2.62 bits per heavy atom. The molecule has 6 aromatic rings. The number of benzene rings is 3. The van der Waals surface area contributed by atoms with E-state index in [1.807, 2.05) is 24.4 Å². The summed E-state index contributed by atoms with van der Waals surface area (Å²) in [5, 5.41) is 14.3. The van der Waals surface area contributed by atoms with Crippen LogP contribution in [0.1, 0.15) is 64.6 Å². The maximum absolute atomic E-state index is 11.8. The van der Waals surface area contributed by atoms with Gasteiger partial charge in [-0.3, -0.25) is 4.68 Å². The number of carboxylic acid groups (broad SMARTS) is 1. The molecule has 3 aromatic carbocycles. The molecule has 50 heavy (non-hydrogen) atoms. The fourth-order valence-electron chi connectivity index (χ4n) is 6.90. The van der Waals surface area contributed by atoms with Crippen LogP contribution in [0.5, 0.6) is 11.6 Å². The van der Waals surface area contributed by atoms with Crippen molar-refractivity contribution in [1.82, 2.24) is 24.3 Å². The monoisotopic (exact) mass is 667 g/mol. The lowest BCUT2D eigenvalue weighted by Crippen LogP contribution is -2.31. The summed E-state index contributed by atoms with van der Waals surface area (Å²) in [6, 6.07) is 24.3. The Bertz CT molecular complexity index is 2230. The summed E-state index contributed by atoms with van der Waals surface area (Å²) < 4.78 is 22.9. The maximum Gasteiger partial charge on any atom is 0.335 e. The lowest BCUT2D eigenvalue weighted by atomic mass is 9.98. The van der Waals surface area contributed by atoms with E-state index >= 15 is 0 Å². The molecule has 10 nitrogen and oxygen atoms in total. The Morgan fingerprint density at radius 2 is 1.78 bits per heavy atom. The predicted molar refractivity (Wildman–Crippen MR) is 188 cm³/mol. The van der Waals surface area contributed by atoms with Crippen LogP contribution in [0.25, 0.3) is 33.4 Å². The van der Waals surface area contributed by atoms with Crippen molar-refractivity contribution in [3.63, 3.8) is 0 Å². The molecule has 0 amide bonds. The number of ether oxygens (including phenoxy) is 3. The van der Waals surface area contributed by atoms with Crippen molar-refractivity contribution in [3.8, 4) is 34.0 Å². The number of imidazole rings is 1. The summed E-state index contributed by atoms with van der Waals surface area (Å²) in [6.07, 6.45) is 9.72. The van der Waals surface area contributed by atoms with E-state index in [1.165, 1.54) is 18.4 Å². The molecule has 10 heteroatoms. The van der Waals surface area contributed by atoms with Gasteiger partial charge in [-0.1, -0.05) is 36.4 Å². The molecular weight excluding hydrogens is 630 g/mol. The van der Waals surface area contributed by atoms with Gasteiger partial charge in [-0.05, 0) is 79.1 Å². The van der Waals surface area contributed by atoms with Crippen LogP contribution < -0.4 is 9.47 Å². The second-order valence-corrected chi connectivity index (χ2v) is 13.5. The largest absolute Gasteiger partial charge is 0.493 e. The number of aryl methyl sites for hydroxylation is 1. The maximum atomic E-state index is 11.8. The third kappa shape index (κ3) is 6.11. The van der Waals surface area contributed by atoms with Gasteiger partial charge < -0.3 is 23.9 Å². The van der Waals surface area contributed by atoms with E-state index in [4.69, 9.17) is 24.2 Å². The van der Waals surface area contributed by atoms with Crippen LogP contribution in [0.4, 0.5) is 0 Å². The van der Waals surface area contributed by atoms with Crippen LogP contribution in [0.15, 0.2) is 85.2 Å². The quantitative estimate of drug-likeness (QED) is 0.189. The van der Waals surface area contributed by atoms with Crippen molar-refractivity contribution >= 4 is 17.0 Å². The van der Waals surface area contributed by atoms with E-state index in [0.717, 1.165) is 82.0 Å². The number of hydrogen-bond acceptors (Lipinski definition) is 7. The summed E-state index contributed by atoms with van der Waals surface area (Å²) in [6.45, 7) is 2.31. The standard InChI is InChI=1S/C40H37N5O5/c46-40(47)29-10-13-35-36(18-29)44(23-33-14-16-48-33)38(42-35)20-28-8-7-27-19-37(28)49-15-2-3-25-17-26(31-21-41-45(22-31)32-11-12-32)6-9-30(25)24-50-39-5-1-4-34(27)43-39/h1,4-10,13,17-19,21-22,32-33H,2-3,11-12,14-16,20,23-24H2,(H,46,47)/t33-/m0/s1. The molecule has 9 rings (SSSR count). The average molecular weight is 668 g/mol. The summed E-state index contributed by atoms with van der Waals surface area (Å²) in [7, 11) is 0. The number of carbonyl (C=O) groups is 1. The second kappa shape index (κ2) is 12.8. The summed E-state index contributed by atoms with van der Waals surface area (Å²) >= 11 is 0. The lowest BCUT2D eigenvalue weighted by Gasteiger charge is -2.27. The zero-order valence-corrected chi connectivity index (χ0v) is 27.6. The van der Waals surface area contributed by atoms with E-state index in [2.05, 4.69) is 56.9 Å². The Labute approximate surface area is 289 Å². The first-order chi connectivity index (χ1) is 24.5. The minimum atomic E-state index is -0.960. The van der Waals surface area contributed by atoms with Gasteiger partial charge in [-0.2, -0.15) is 5.10 Å². The fourth-order valence-corrected chi connectivity index (χ4v) is 6.90. The predicted octanol–water partition coefficient (Wildman–Crippen LogP) is 7.28. The van der Waals surface area contributed by atoms with E-state index in [1.54, 1.807) is 18.2 Å². The summed E-state index contributed by atoms with van der Waals surface area (Å²) in [5.41, 5.74) is 9.15. The molecule has 5 heterocycles. The van der Waals surface area contributed by atoms with Crippen molar-refractivity contribution in [3.05, 3.63) is 113 Å². The van der Waals surface area contributed by atoms with E-state index in [9.17, 15) is 9.90 Å². The molecule has 0 spiro atoms. The molecule has 4 bridgehead atoms. The highest BCUT2D eigenvalue weighted by atomic mass is 16.5. The van der Waals surface area contributed by atoms with Gasteiger partial charge in [-0.25, -0.2) is 14.8 Å². The van der Waals surface area contributed by atoms with Gasteiger partial charge in [0.25, 0.3) is 0 Å². The second-order valence-electron chi connectivity index (χ2n) is 13.5. The van der Waals surface area contributed by atoms with Gasteiger partial charge in [0, 0.05) is 42.0 Å². The molecule has 252 valence electrons. The van der Waals surface area contributed by atoms with Gasteiger partial charge in [0.1, 0.15) is 18.2 Å². The summed E-state index contributed by atoms with van der Waals surface area (Å²) in [5.74, 6) is 1.22. The molecule has 3 aromatic heterocycles. The van der Waals surface area contributed by atoms with Crippen molar-refractivity contribution in [2.75, 3.05) is 13.2 Å². The van der Waals surface area contributed by atoms with Gasteiger partial charge in [0.05, 0.1) is 53.8 Å². The number of nitrogens with zero attached hydrogens (tertiary/aromatic N) is 5. The molecule has 1 saturated carbocycles. The van der Waals surface area contributed by atoms with Crippen molar-refractivity contribution in [2.45, 2.75) is 63.8 Å². The Morgan fingerprint density at radius 1 is 0.880 bits per heavy atom. The van der Waals surface area contributed by atoms with Gasteiger partial charge >= 0.3 is 5.97 Å². The number of fused-ring (bicyclic) bond motifs is 7. The third-order valence-electron chi connectivity index (χ3n) is 9.97. The average Bonchev–Trinajstić information content (AvgIpc) is 3.74. The smallest absolute Gasteiger partial charge is 0.335 e. The number of aromatic carboxylic acids is 1. The minimum absolute atomic E-state index is 0.0784. The SMILES string of the molecule is O=C(O)c1ccc2nc(Cc3ccc4cc3OCCCc3cc(-c5cnn(C6CC6)c5)ccc3COc3cccc-4n3)n(C[C@@H]3CCO3)c2c1. The number of rotatable bonds is 7. The Balaban J connectivity index is 1.04. The molecule has 1 atom stereocenters. The lowest BCUT2D eigenvalue weighted by molar-refractivity contribution is -0.0589.